The van der Waals surface area contributed by atoms with Gasteiger partial charge in [0.2, 0.25) is 0 Å². The predicted octanol–water partition coefficient (Wildman–Crippen LogP) is 4.25. The van der Waals surface area contributed by atoms with E-state index < -0.39 is 8.80 Å². The molecule has 0 aliphatic carbocycles. The summed E-state index contributed by atoms with van der Waals surface area (Å²) in [6, 6.07) is 16.4. The lowest BCUT2D eigenvalue weighted by Gasteiger charge is -2.15. The molecular weight excluding hydrogens is 260 g/mol. The van der Waals surface area contributed by atoms with Crippen molar-refractivity contribution < 1.29 is 4.74 Å². The molecular formula is C18H24OSi. The van der Waals surface area contributed by atoms with Crippen molar-refractivity contribution >= 4 is 24.8 Å². The molecule has 2 aromatic rings. The van der Waals surface area contributed by atoms with Crippen molar-refractivity contribution in [1.29, 1.82) is 0 Å². The molecule has 0 atom stereocenters. The zero-order chi connectivity index (χ0) is 13.8. The lowest BCUT2D eigenvalue weighted by atomic mass is 10.1. The maximum Gasteiger partial charge on any atom is 0.127 e. The van der Waals surface area contributed by atoms with Gasteiger partial charge in [-0.15, -0.1) is 0 Å². The third-order valence-corrected chi connectivity index (χ3v) is 8.06. The Balaban J connectivity index is 1.96. The van der Waals surface area contributed by atoms with Gasteiger partial charge in [0, 0.05) is 5.39 Å². The zero-order valence-corrected chi connectivity index (χ0v) is 13.6. The molecule has 0 N–H and O–H groups in total. The first-order valence-electron chi connectivity index (χ1n) is 8.04. The van der Waals surface area contributed by atoms with Crippen molar-refractivity contribution in [3.63, 3.8) is 0 Å². The molecule has 0 amide bonds. The van der Waals surface area contributed by atoms with Gasteiger partial charge < -0.3 is 4.74 Å². The molecule has 0 unspecified atom stereocenters. The molecule has 2 aromatic carbocycles. The van der Waals surface area contributed by atoms with Crippen LogP contribution in [0.4, 0.5) is 0 Å². The second-order valence-corrected chi connectivity index (χ2v) is 9.05. The third-order valence-electron chi connectivity index (χ3n) is 4.47. The summed E-state index contributed by atoms with van der Waals surface area (Å²) in [5, 5.41) is 4.45. The summed E-state index contributed by atoms with van der Waals surface area (Å²) in [5.41, 5.74) is 0. The van der Waals surface area contributed by atoms with Crippen LogP contribution in [0.15, 0.2) is 36.4 Å². The topological polar surface area (TPSA) is 9.23 Å². The maximum absolute atomic E-state index is 5.99. The number of unbranched alkanes of at least 4 members (excludes halogenated alkanes) is 1. The van der Waals surface area contributed by atoms with Crippen LogP contribution in [0, 0.1) is 0 Å². The highest BCUT2D eigenvalue weighted by Crippen LogP contribution is 2.28. The average molecular weight is 284 g/mol. The van der Waals surface area contributed by atoms with E-state index in [9.17, 15) is 0 Å². The third kappa shape index (κ3) is 2.75. The Kier molecular flexibility index (Phi) is 4.41. The van der Waals surface area contributed by atoms with Gasteiger partial charge >= 0.3 is 0 Å². The van der Waals surface area contributed by atoms with E-state index in [0.29, 0.717) is 0 Å². The molecule has 0 aromatic heterocycles. The summed E-state index contributed by atoms with van der Waals surface area (Å²) in [5.74, 6) is 1.07. The molecule has 0 spiro atoms. The first kappa shape index (κ1) is 13.7. The van der Waals surface area contributed by atoms with Gasteiger partial charge in [0.15, 0.2) is 0 Å². The molecule has 1 fully saturated rings. The maximum atomic E-state index is 5.99. The molecule has 1 saturated heterocycles. The van der Waals surface area contributed by atoms with Crippen LogP contribution < -0.4 is 9.92 Å². The zero-order valence-electron chi connectivity index (χ0n) is 12.4. The first-order valence-corrected chi connectivity index (χ1v) is 10.3. The Labute approximate surface area is 123 Å². The summed E-state index contributed by atoms with van der Waals surface area (Å²) >= 11 is 0. The van der Waals surface area contributed by atoms with Crippen molar-refractivity contribution in [3.05, 3.63) is 36.4 Å². The predicted molar refractivity (Wildman–Crippen MR) is 90.0 cm³/mol. The van der Waals surface area contributed by atoms with E-state index in [-0.39, 0.29) is 0 Å². The second kappa shape index (κ2) is 6.44. The van der Waals surface area contributed by atoms with Crippen molar-refractivity contribution in [3.8, 4) is 5.75 Å². The molecule has 1 heterocycles. The van der Waals surface area contributed by atoms with Gasteiger partial charge in [-0.25, -0.2) is 0 Å². The highest BCUT2D eigenvalue weighted by atomic mass is 28.3. The van der Waals surface area contributed by atoms with Crippen molar-refractivity contribution in [2.45, 2.75) is 44.7 Å². The molecule has 0 bridgehead atoms. The van der Waals surface area contributed by atoms with Gasteiger partial charge in [0.25, 0.3) is 0 Å². The SMILES string of the molecule is CCCCOc1ccc([SiH]2CCCC2)c2ccccc12. The van der Waals surface area contributed by atoms with Gasteiger partial charge in [-0.05, 0) is 17.9 Å². The Hall–Kier alpha value is -1.28. The minimum atomic E-state index is -0.699. The number of ether oxygens (including phenoxy) is 1. The molecule has 3 rings (SSSR count). The fourth-order valence-corrected chi connectivity index (χ4v) is 6.87. The molecule has 1 aliphatic heterocycles. The number of fused-ring (bicyclic) bond motifs is 1. The van der Waals surface area contributed by atoms with E-state index in [1.165, 1.54) is 42.1 Å². The van der Waals surface area contributed by atoms with E-state index in [1.54, 1.807) is 5.19 Å². The van der Waals surface area contributed by atoms with Gasteiger partial charge in [-0.3, -0.25) is 0 Å². The fraction of sp³-hybridized carbons (Fsp3) is 0.444. The number of hydrogen-bond donors (Lipinski definition) is 0. The summed E-state index contributed by atoms with van der Waals surface area (Å²) < 4.78 is 5.99. The molecule has 106 valence electrons. The lowest BCUT2D eigenvalue weighted by Crippen LogP contribution is -2.27. The molecule has 0 saturated carbocycles. The number of rotatable bonds is 5. The Morgan fingerprint density at radius 3 is 2.50 bits per heavy atom. The summed E-state index contributed by atoms with van der Waals surface area (Å²) in [6.07, 6.45) is 5.21. The van der Waals surface area contributed by atoms with E-state index in [2.05, 4.69) is 43.3 Å². The van der Waals surface area contributed by atoms with Crippen LogP contribution in [0.5, 0.6) is 5.75 Å². The van der Waals surface area contributed by atoms with E-state index in [4.69, 9.17) is 4.74 Å². The summed E-state index contributed by atoms with van der Waals surface area (Å²) in [7, 11) is -0.699. The minimum Gasteiger partial charge on any atom is -0.493 e. The second-order valence-electron chi connectivity index (χ2n) is 5.88. The molecule has 20 heavy (non-hydrogen) atoms. The largest absolute Gasteiger partial charge is 0.493 e. The van der Waals surface area contributed by atoms with Crippen LogP contribution in [0.25, 0.3) is 10.8 Å². The number of hydrogen-bond acceptors (Lipinski definition) is 1. The summed E-state index contributed by atoms with van der Waals surface area (Å²) in [4.78, 5) is 0. The van der Waals surface area contributed by atoms with Gasteiger partial charge in [0.1, 0.15) is 5.75 Å². The fourth-order valence-electron chi connectivity index (χ4n) is 3.34. The molecule has 0 radical (unpaired) electrons. The van der Waals surface area contributed by atoms with E-state index in [0.717, 1.165) is 18.8 Å². The van der Waals surface area contributed by atoms with Crippen LogP contribution in [0.2, 0.25) is 12.1 Å². The van der Waals surface area contributed by atoms with Crippen molar-refractivity contribution in [1.82, 2.24) is 0 Å². The standard InChI is InChI=1S/C18H24OSi/c1-2-3-12-19-17-10-11-18(20-13-6-7-14-20)16-9-5-4-8-15(16)17/h4-5,8-11,20H,2-3,6-7,12-14H2,1H3. The van der Waals surface area contributed by atoms with Crippen LogP contribution in [0.3, 0.4) is 0 Å². The van der Waals surface area contributed by atoms with E-state index >= 15 is 0 Å². The monoisotopic (exact) mass is 284 g/mol. The van der Waals surface area contributed by atoms with Crippen LogP contribution in [-0.4, -0.2) is 15.4 Å². The molecule has 1 aliphatic rings. The summed E-state index contributed by atoms with van der Waals surface area (Å²) in [6.45, 7) is 3.04. The smallest absolute Gasteiger partial charge is 0.127 e. The van der Waals surface area contributed by atoms with Crippen LogP contribution in [0.1, 0.15) is 32.6 Å². The van der Waals surface area contributed by atoms with Crippen LogP contribution >= 0.6 is 0 Å². The van der Waals surface area contributed by atoms with Gasteiger partial charge in [-0.2, -0.15) is 0 Å². The van der Waals surface area contributed by atoms with Crippen LogP contribution in [-0.2, 0) is 0 Å². The normalized spacial score (nSPS) is 15.8. The molecule has 1 nitrogen and oxygen atoms in total. The average Bonchev–Trinajstić information content (AvgIpc) is 3.01. The number of benzene rings is 2. The van der Waals surface area contributed by atoms with Crippen molar-refractivity contribution in [2.75, 3.05) is 6.61 Å². The molecule has 2 heteroatoms. The van der Waals surface area contributed by atoms with Gasteiger partial charge in [0.05, 0.1) is 15.4 Å². The lowest BCUT2D eigenvalue weighted by molar-refractivity contribution is 0.313. The highest BCUT2D eigenvalue weighted by molar-refractivity contribution is 6.76. The van der Waals surface area contributed by atoms with E-state index in [1.807, 2.05) is 0 Å². The first-order chi connectivity index (χ1) is 9.90. The Morgan fingerprint density at radius 2 is 1.75 bits per heavy atom. The Morgan fingerprint density at radius 1 is 1.00 bits per heavy atom. The highest BCUT2D eigenvalue weighted by Gasteiger charge is 2.21. The van der Waals surface area contributed by atoms with Gasteiger partial charge in [-0.1, -0.05) is 73.8 Å². The quantitative estimate of drug-likeness (QED) is 0.589. The Bertz CT molecular complexity index is 573. The minimum absolute atomic E-state index is 0.699. The van der Waals surface area contributed by atoms with Crippen molar-refractivity contribution in [2.24, 2.45) is 0 Å².